The van der Waals surface area contributed by atoms with Gasteiger partial charge in [0.25, 0.3) is 0 Å². The molecule has 4 N–H and O–H groups in total. The van der Waals surface area contributed by atoms with Gasteiger partial charge >= 0.3 is 0 Å². The van der Waals surface area contributed by atoms with Crippen LogP contribution in [0.3, 0.4) is 0 Å². The number of hydrogen-bond acceptors (Lipinski definition) is 5. The van der Waals surface area contributed by atoms with Crippen molar-refractivity contribution in [2.24, 2.45) is 21.5 Å². The molecule has 1 spiro atoms. The summed E-state index contributed by atoms with van der Waals surface area (Å²) in [5, 5.41) is 0. The van der Waals surface area contributed by atoms with E-state index in [1.165, 1.54) is 23.1 Å². The van der Waals surface area contributed by atoms with Crippen molar-refractivity contribution in [2.75, 3.05) is 4.90 Å². The zero-order valence-corrected chi connectivity index (χ0v) is 16.1. The fourth-order valence-corrected chi connectivity index (χ4v) is 4.29. The molecular formula is C22H27N5. The number of anilines is 1. The third kappa shape index (κ3) is 3.07. The van der Waals surface area contributed by atoms with Crippen LogP contribution in [0.1, 0.15) is 43.2 Å². The lowest BCUT2D eigenvalue weighted by Crippen LogP contribution is -2.58. The van der Waals surface area contributed by atoms with Crippen LogP contribution >= 0.6 is 0 Å². The van der Waals surface area contributed by atoms with Gasteiger partial charge in [0.2, 0.25) is 11.9 Å². The summed E-state index contributed by atoms with van der Waals surface area (Å²) in [5.41, 5.74) is 17.9. The standard InChI is InChI=1S/C22H27N5/c1-15-10-11-17(14-16(15)2)18-8-4-5-9-19(18)27-21(24)25-20(23)26-22(27)12-6-3-7-13-22/h4-5,8-11,14H,3,6-7,12-13H2,1-2H3,(H4,23,24,25,26). The van der Waals surface area contributed by atoms with Gasteiger partial charge in [-0.15, -0.1) is 0 Å². The number of hydrogen-bond donors (Lipinski definition) is 2. The molecule has 140 valence electrons. The second-order valence-electron chi connectivity index (χ2n) is 7.63. The van der Waals surface area contributed by atoms with Gasteiger partial charge in [-0.2, -0.15) is 4.99 Å². The van der Waals surface area contributed by atoms with Gasteiger partial charge in [0.15, 0.2) is 0 Å². The van der Waals surface area contributed by atoms with Crippen LogP contribution in [0.5, 0.6) is 0 Å². The Morgan fingerprint density at radius 2 is 1.67 bits per heavy atom. The maximum absolute atomic E-state index is 6.42. The number of aryl methyl sites for hydroxylation is 2. The molecule has 4 rings (SSSR count). The van der Waals surface area contributed by atoms with Crippen LogP contribution in [0, 0.1) is 13.8 Å². The zero-order chi connectivity index (χ0) is 19.0. The van der Waals surface area contributed by atoms with Crippen molar-refractivity contribution in [3.05, 3.63) is 53.6 Å². The Morgan fingerprint density at radius 1 is 0.926 bits per heavy atom. The van der Waals surface area contributed by atoms with Gasteiger partial charge in [0.1, 0.15) is 5.66 Å². The van der Waals surface area contributed by atoms with Crippen LogP contribution in [-0.2, 0) is 0 Å². The average molecular weight is 361 g/mol. The Morgan fingerprint density at radius 3 is 2.41 bits per heavy atom. The van der Waals surface area contributed by atoms with Gasteiger partial charge in [-0.1, -0.05) is 42.8 Å². The molecule has 2 aliphatic rings. The summed E-state index contributed by atoms with van der Waals surface area (Å²) in [4.78, 5) is 11.2. The van der Waals surface area contributed by atoms with E-state index in [0.717, 1.165) is 36.9 Å². The molecule has 5 nitrogen and oxygen atoms in total. The van der Waals surface area contributed by atoms with Gasteiger partial charge in [-0.25, -0.2) is 4.99 Å². The molecular weight excluding hydrogens is 334 g/mol. The molecule has 1 aliphatic heterocycles. The molecule has 1 saturated carbocycles. The summed E-state index contributed by atoms with van der Waals surface area (Å²) in [6.45, 7) is 4.28. The number of para-hydroxylation sites is 1. The quantitative estimate of drug-likeness (QED) is 0.846. The fourth-order valence-electron chi connectivity index (χ4n) is 4.29. The van der Waals surface area contributed by atoms with Crippen LogP contribution in [-0.4, -0.2) is 17.6 Å². The number of rotatable bonds is 2. The molecule has 2 aromatic rings. The summed E-state index contributed by atoms with van der Waals surface area (Å²) < 4.78 is 0. The van der Waals surface area contributed by atoms with Crippen molar-refractivity contribution in [2.45, 2.75) is 51.6 Å². The van der Waals surface area contributed by atoms with E-state index < -0.39 is 5.66 Å². The van der Waals surface area contributed by atoms with Crippen LogP contribution in [0.4, 0.5) is 5.69 Å². The minimum atomic E-state index is -0.427. The molecule has 0 unspecified atom stereocenters. The second-order valence-corrected chi connectivity index (χ2v) is 7.63. The lowest BCUT2D eigenvalue weighted by molar-refractivity contribution is 0.305. The van der Waals surface area contributed by atoms with Crippen molar-refractivity contribution in [1.82, 2.24) is 0 Å². The third-order valence-electron chi connectivity index (χ3n) is 5.81. The van der Waals surface area contributed by atoms with Crippen molar-refractivity contribution in [1.29, 1.82) is 0 Å². The van der Waals surface area contributed by atoms with Crippen LogP contribution in [0.15, 0.2) is 52.4 Å². The predicted molar refractivity (Wildman–Crippen MR) is 113 cm³/mol. The first kappa shape index (κ1) is 17.6. The highest BCUT2D eigenvalue weighted by Crippen LogP contribution is 2.42. The van der Waals surface area contributed by atoms with Crippen LogP contribution < -0.4 is 16.4 Å². The maximum atomic E-state index is 6.42. The Labute approximate surface area is 160 Å². The van der Waals surface area contributed by atoms with Gasteiger partial charge < -0.3 is 11.5 Å². The molecule has 5 heteroatoms. The minimum Gasteiger partial charge on any atom is -0.369 e. The van der Waals surface area contributed by atoms with Crippen molar-refractivity contribution in [3.8, 4) is 11.1 Å². The molecule has 27 heavy (non-hydrogen) atoms. The molecule has 1 fully saturated rings. The summed E-state index contributed by atoms with van der Waals surface area (Å²) >= 11 is 0. The lowest BCUT2D eigenvalue weighted by Gasteiger charge is -2.46. The largest absolute Gasteiger partial charge is 0.369 e. The number of benzene rings is 2. The van der Waals surface area contributed by atoms with E-state index in [2.05, 4.69) is 60.1 Å². The first-order chi connectivity index (χ1) is 13.0. The van der Waals surface area contributed by atoms with E-state index in [9.17, 15) is 0 Å². The Bertz CT molecular complexity index is 922. The minimum absolute atomic E-state index is 0.286. The molecule has 0 saturated heterocycles. The molecule has 0 amide bonds. The molecule has 0 aromatic heterocycles. The summed E-state index contributed by atoms with van der Waals surface area (Å²) in [6.07, 6.45) is 5.33. The monoisotopic (exact) mass is 361 g/mol. The van der Waals surface area contributed by atoms with E-state index >= 15 is 0 Å². The molecule has 1 aliphatic carbocycles. The first-order valence-corrected chi connectivity index (χ1v) is 9.67. The smallest absolute Gasteiger partial charge is 0.220 e. The highest BCUT2D eigenvalue weighted by Gasteiger charge is 2.43. The van der Waals surface area contributed by atoms with E-state index in [4.69, 9.17) is 16.5 Å². The Hall–Kier alpha value is -2.82. The second kappa shape index (κ2) is 6.72. The van der Waals surface area contributed by atoms with E-state index in [-0.39, 0.29) is 5.96 Å². The zero-order valence-electron chi connectivity index (χ0n) is 16.1. The van der Waals surface area contributed by atoms with Crippen molar-refractivity contribution in [3.63, 3.8) is 0 Å². The normalized spacial score (nSPS) is 19.0. The third-order valence-corrected chi connectivity index (χ3v) is 5.81. The van der Waals surface area contributed by atoms with Gasteiger partial charge in [0.05, 0.1) is 5.69 Å². The molecule has 0 bridgehead atoms. The topological polar surface area (TPSA) is 80.0 Å². The number of aliphatic imine (C=N–C) groups is 2. The average Bonchev–Trinajstić information content (AvgIpc) is 2.64. The van der Waals surface area contributed by atoms with E-state index in [1.54, 1.807) is 0 Å². The Kier molecular flexibility index (Phi) is 4.38. The van der Waals surface area contributed by atoms with Gasteiger partial charge in [-0.05, 0) is 62.3 Å². The highest BCUT2D eigenvalue weighted by molar-refractivity contribution is 6.07. The van der Waals surface area contributed by atoms with Crippen LogP contribution in [0.2, 0.25) is 0 Å². The lowest BCUT2D eigenvalue weighted by atomic mass is 9.86. The summed E-state index contributed by atoms with van der Waals surface area (Å²) in [7, 11) is 0. The molecule has 1 heterocycles. The van der Waals surface area contributed by atoms with Crippen LogP contribution in [0.25, 0.3) is 11.1 Å². The number of guanidine groups is 2. The SMILES string of the molecule is Cc1ccc(-c2ccccc2N2C(N)=NC(N)=NC23CCCCC3)cc1C. The summed E-state index contributed by atoms with van der Waals surface area (Å²) in [5.74, 6) is 0.718. The summed E-state index contributed by atoms with van der Waals surface area (Å²) in [6, 6.07) is 14.9. The molecule has 0 radical (unpaired) electrons. The van der Waals surface area contributed by atoms with Gasteiger partial charge in [0, 0.05) is 5.56 Å². The first-order valence-electron chi connectivity index (χ1n) is 9.67. The number of nitrogens with zero attached hydrogens (tertiary/aromatic N) is 3. The van der Waals surface area contributed by atoms with E-state index in [1.807, 2.05) is 6.07 Å². The maximum Gasteiger partial charge on any atom is 0.220 e. The van der Waals surface area contributed by atoms with Crippen molar-refractivity contribution < 1.29 is 0 Å². The predicted octanol–water partition coefficient (Wildman–Crippen LogP) is 4.08. The van der Waals surface area contributed by atoms with Crippen molar-refractivity contribution >= 4 is 17.6 Å². The fraction of sp³-hybridized carbons (Fsp3) is 0.364. The van der Waals surface area contributed by atoms with Gasteiger partial charge in [-0.3, -0.25) is 4.90 Å². The van der Waals surface area contributed by atoms with E-state index in [0.29, 0.717) is 5.96 Å². The molecule has 0 atom stereocenters. The molecule has 2 aromatic carbocycles. The highest BCUT2D eigenvalue weighted by atomic mass is 15.4. The number of nitrogens with two attached hydrogens (primary N) is 2. The Balaban J connectivity index is 1.87.